The number of nitrogens with zero attached hydrogens (tertiary/aromatic N) is 1. The molecule has 0 radical (unpaired) electrons. The zero-order valence-corrected chi connectivity index (χ0v) is 12.1. The van der Waals surface area contributed by atoms with Crippen molar-refractivity contribution in [1.82, 2.24) is 15.0 Å². The Morgan fingerprint density at radius 3 is 2.89 bits per heavy atom. The van der Waals surface area contributed by atoms with Crippen LogP contribution in [0.2, 0.25) is 0 Å². The monoisotopic (exact) mass is 289 g/mol. The quantitative estimate of drug-likeness (QED) is 0.701. The van der Waals surface area contributed by atoms with Gasteiger partial charge in [-0.15, -0.1) is 11.3 Å². The molecule has 0 atom stereocenters. The van der Waals surface area contributed by atoms with Crippen molar-refractivity contribution < 1.29 is 8.42 Å². The van der Waals surface area contributed by atoms with Crippen LogP contribution < -0.4 is 10.0 Å². The molecule has 102 valence electrons. The SMILES string of the molecule is Cc1ncc(CNS(=O)(=O)CCCNC2CC2)s1. The molecule has 0 saturated heterocycles. The molecule has 0 amide bonds. The summed E-state index contributed by atoms with van der Waals surface area (Å²) < 4.78 is 26.0. The molecule has 0 spiro atoms. The molecule has 1 aromatic rings. The summed E-state index contributed by atoms with van der Waals surface area (Å²) in [5.41, 5.74) is 0. The number of rotatable bonds is 8. The zero-order valence-electron chi connectivity index (χ0n) is 10.5. The molecule has 7 heteroatoms. The van der Waals surface area contributed by atoms with Gasteiger partial charge in [0.15, 0.2) is 0 Å². The highest BCUT2D eigenvalue weighted by atomic mass is 32.2. The minimum absolute atomic E-state index is 0.185. The Balaban J connectivity index is 1.66. The number of sulfonamides is 1. The van der Waals surface area contributed by atoms with Crippen molar-refractivity contribution in [2.45, 2.75) is 38.8 Å². The fourth-order valence-electron chi connectivity index (χ4n) is 1.60. The summed E-state index contributed by atoms with van der Waals surface area (Å²) in [6.07, 6.45) is 4.84. The number of nitrogens with one attached hydrogen (secondary N) is 2. The molecule has 0 aromatic carbocycles. The van der Waals surface area contributed by atoms with Crippen LogP contribution in [0, 0.1) is 6.92 Å². The third-order valence-corrected chi connectivity index (χ3v) is 5.06. The predicted molar refractivity (Wildman–Crippen MR) is 73.1 cm³/mol. The highest BCUT2D eigenvalue weighted by molar-refractivity contribution is 7.89. The van der Waals surface area contributed by atoms with Crippen LogP contribution in [-0.2, 0) is 16.6 Å². The third-order valence-electron chi connectivity index (χ3n) is 2.74. The lowest BCUT2D eigenvalue weighted by atomic mass is 10.5. The fourth-order valence-corrected chi connectivity index (χ4v) is 3.47. The first kappa shape index (κ1) is 13.9. The molecule has 1 aliphatic rings. The molecule has 1 saturated carbocycles. The van der Waals surface area contributed by atoms with Crippen LogP contribution in [0.25, 0.3) is 0 Å². The van der Waals surface area contributed by atoms with E-state index in [1.54, 1.807) is 6.20 Å². The van der Waals surface area contributed by atoms with Crippen LogP contribution in [-0.4, -0.2) is 31.7 Å². The molecule has 0 aliphatic heterocycles. The van der Waals surface area contributed by atoms with Crippen molar-refractivity contribution in [1.29, 1.82) is 0 Å². The minimum Gasteiger partial charge on any atom is -0.314 e. The normalized spacial score (nSPS) is 16.1. The van der Waals surface area contributed by atoms with Crippen LogP contribution in [0.4, 0.5) is 0 Å². The molecular formula is C11H19N3O2S2. The van der Waals surface area contributed by atoms with E-state index in [-0.39, 0.29) is 5.75 Å². The van der Waals surface area contributed by atoms with Crippen molar-refractivity contribution in [3.8, 4) is 0 Å². The number of hydrogen-bond donors (Lipinski definition) is 2. The van der Waals surface area contributed by atoms with Gasteiger partial charge in [-0.05, 0) is 32.7 Å². The van der Waals surface area contributed by atoms with Gasteiger partial charge < -0.3 is 5.32 Å². The van der Waals surface area contributed by atoms with Crippen LogP contribution in [0.3, 0.4) is 0 Å². The van der Waals surface area contributed by atoms with Crippen molar-refractivity contribution in [3.05, 3.63) is 16.1 Å². The maximum atomic E-state index is 11.7. The second-order valence-electron chi connectivity index (χ2n) is 4.57. The first-order valence-corrected chi connectivity index (χ1v) is 8.64. The van der Waals surface area contributed by atoms with E-state index in [2.05, 4.69) is 15.0 Å². The van der Waals surface area contributed by atoms with E-state index in [0.29, 0.717) is 19.0 Å². The summed E-state index contributed by atoms with van der Waals surface area (Å²) in [5.74, 6) is 0.185. The highest BCUT2D eigenvalue weighted by Crippen LogP contribution is 2.18. The third kappa shape index (κ3) is 5.01. The Morgan fingerprint density at radius 1 is 1.50 bits per heavy atom. The van der Waals surface area contributed by atoms with Crippen LogP contribution in [0.5, 0.6) is 0 Å². The number of aromatic nitrogens is 1. The van der Waals surface area contributed by atoms with Gasteiger partial charge in [0.25, 0.3) is 0 Å². The number of thiazole rings is 1. The summed E-state index contributed by atoms with van der Waals surface area (Å²) in [5, 5.41) is 4.26. The number of aryl methyl sites for hydroxylation is 1. The van der Waals surface area contributed by atoms with Gasteiger partial charge in [0.2, 0.25) is 10.0 Å². The second-order valence-corrected chi connectivity index (χ2v) is 7.81. The summed E-state index contributed by atoms with van der Waals surface area (Å²) in [6, 6.07) is 0.640. The molecule has 5 nitrogen and oxygen atoms in total. The lowest BCUT2D eigenvalue weighted by Gasteiger charge is -2.06. The summed E-state index contributed by atoms with van der Waals surface area (Å²) in [4.78, 5) is 5.04. The molecule has 1 heterocycles. The average Bonchev–Trinajstić information content (AvgIpc) is 3.04. The van der Waals surface area contributed by atoms with Crippen LogP contribution in [0.15, 0.2) is 6.20 Å². The molecule has 2 rings (SSSR count). The Morgan fingerprint density at radius 2 is 2.28 bits per heavy atom. The van der Waals surface area contributed by atoms with Crippen molar-refractivity contribution in [2.75, 3.05) is 12.3 Å². The van der Waals surface area contributed by atoms with Crippen molar-refractivity contribution >= 4 is 21.4 Å². The number of hydrogen-bond acceptors (Lipinski definition) is 5. The van der Waals surface area contributed by atoms with E-state index in [4.69, 9.17) is 0 Å². The van der Waals surface area contributed by atoms with Gasteiger partial charge >= 0.3 is 0 Å². The maximum Gasteiger partial charge on any atom is 0.211 e. The summed E-state index contributed by atoms with van der Waals surface area (Å²) in [6.45, 7) is 3.04. The standard InChI is InChI=1S/C11H19N3O2S2/c1-9-13-7-11(17-9)8-14-18(15,16)6-2-5-12-10-3-4-10/h7,10,12,14H,2-6,8H2,1H3. The van der Waals surface area contributed by atoms with E-state index in [1.807, 2.05) is 6.92 Å². The predicted octanol–water partition coefficient (Wildman–Crippen LogP) is 1.01. The van der Waals surface area contributed by atoms with Gasteiger partial charge in [-0.3, -0.25) is 0 Å². The highest BCUT2D eigenvalue weighted by Gasteiger charge is 2.20. The molecule has 18 heavy (non-hydrogen) atoms. The van der Waals surface area contributed by atoms with Crippen molar-refractivity contribution in [2.24, 2.45) is 0 Å². The molecule has 2 N–H and O–H groups in total. The van der Waals surface area contributed by atoms with Gasteiger partial charge in [-0.1, -0.05) is 0 Å². The van der Waals surface area contributed by atoms with Crippen LogP contribution >= 0.6 is 11.3 Å². The van der Waals surface area contributed by atoms with Crippen LogP contribution in [0.1, 0.15) is 29.1 Å². The molecule has 1 aliphatic carbocycles. The zero-order chi connectivity index (χ0) is 13.0. The van der Waals surface area contributed by atoms with Gasteiger partial charge in [0.05, 0.1) is 10.8 Å². The van der Waals surface area contributed by atoms with E-state index < -0.39 is 10.0 Å². The lowest BCUT2D eigenvalue weighted by Crippen LogP contribution is -2.28. The van der Waals surface area contributed by atoms with E-state index >= 15 is 0 Å². The molecule has 0 bridgehead atoms. The van der Waals surface area contributed by atoms with E-state index in [1.165, 1.54) is 24.2 Å². The van der Waals surface area contributed by atoms with Gasteiger partial charge in [-0.2, -0.15) is 0 Å². The Kier molecular flexibility index (Phi) is 4.71. The lowest BCUT2D eigenvalue weighted by molar-refractivity contribution is 0.574. The molecule has 1 fully saturated rings. The maximum absolute atomic E-state index is 11.7. The fraction of sp³-hybridized carbons (Fsp3) is 0.727. The first-order valence-electron chi connectivity index (χ1n) is 6.17. The minimum atomic E-state index is -3.16. The smallest absolute Gasteiger partial charge is 0.211 e. The first-order chi connectivity index (χ1) is 8.55. The Hall–Kier alpha value is -0.500. The van der Waals surface area contributed by atoms with Crippen molar-refractivity contribution in [3.63, 3.8) is 0 Å². The summed E-state index contributed by atoms with van der Waals surface area (Å²) >= 11 is 1.52. The summed E-state index contributed by atoms with van der Waals surface area (Å²) in [7, 11) is -3.16. The second kappa shape index (κ2) is 6.10. The average molecular weight is 289 g/mol. The Bertz CT molecular complexity index is 480. The molecule has 1 aromatic heterocycles. The van der Waals surface area contributed by atoms with E-state index in [0.717, 1.165) is 16.4 Å². The molecular weight excluding hydrogens is 270 g/mol. The van der Waals surface area contributed by atoms with Gasteiger partial charge in [0, 0.05) is 23.7 Å². The van der Waals surface area contributed by atoms with Gasteiger partial charge in [0.1, 0.15) is 0 Å². The largest absolute Gasteiger partial charge is 0.314 e. The van der Waals surface area contributed by atoms with E-state index in [9.17, 15) is 8.42 Å². The Labute approximate surface area is 112 Å². The topological polar surface area (TPSA) is 71.1 Å². The molecule has 0 unspecified atom stereocenters. The van der Waals surface area contributed by atoms with Gasteiger partial charge in [-0.25, -0.2) is 18.1 Å².